The molecule has 3 aromatic rings. The van der Waals surface area contributed by atoms with Crippen molar-refractivity contribution in [3.8, 4) is 11.4 Å². The lowest BCUT2D eigenvalue weighted by Crippen LogP contribution is -2.49. The van der Waals surface area contributed by atoms with Crippen LogP contribution in [0.2, 0.25) is 0 Å². The highest BCUT2D eigenvalue weighted by atomic mass is 19.1. The maximum atomic E-state index is 13.2. The molecule has 0 spiro atoms. The van der Waals surface area contributed by atoms with Gasteiger partial charge in [-0.15, -0.1) is 0 Å². The molecule has 1 unspecified atom stereocenters. The lowest BCUT2D eigenvalue weighted by molar-refractivity contribution is -0.154. The first-order valence-corrected chi connectivity index (χ1v) is 10.7. The Kier molecular flexibility index (Phi) is 5.20. The molecule has 5 rings (SSSR count). The Labute approximate surface area is 184 Å². The number of hydrogen-bond donors (Lipinski definition) is 0. The van der Waals surface area contributed by atoms with E-state index >= 15 is 0 Å². The monoisotopic (exact) mass is 434 g/mol. The van der Waals surface area contributed by atoms with Crippen LogP contribution in [0.1, 0.15) is 43.6 Å². The van der Waals surface area contributed by atoms with Crippen LogP contribution in [0.25, 0.3) is 11.4 Å². The predicted octanol–water partition coefficient (Wildman–Crippen LogP) is 4.17. The predicted molar refractivity (Wildman–Crippen MR) is 115 cm³/mol. The highest BCUT2D eigenvalue weighted by Gasteiger charge is 2.45. The number of nitrogens with zero attached hydrogens (tertiary/aromatic N) is 4. The molecule has 0 aliphatic carbocycles. The summed E-state index contributed by atoms with van der Waals surface area (Å²) in [5, 5.41) is 8.22. The zero-order valence-corrected chi connectivity index (χ0v) is 17.7. The Morgan fingerprint density at radius 1 is 1.06 bits per heavy atom. The summed E-state index contributed by atoms with van der Waals surface area (Å²) in [4.78, 5) is 25.2. The number of halogens is 1. The number of rotatable bonds is 4. The first kappa shape index (κ1) is 20.4. The SMILES string of the molecule is CC1(C(=O)N2CCC(c3nc(-c4ccc(F)cc4)no3)CC2)CC(c2ccccc2)=NO1. The average Bonchev–Trinajstić information content (AvgIpc) is 3.48. The summed E-state index contributed by atoms with van der Waals surface area (Å²) in [6.07, 6.45) is 1.89. The van der Waals surface area contributed by atoms with Crippen molar-refractivity contribution in [2.24, 2.45) is 5.16 Å². The molecule has 164 valence electrons. The van der Waals surface area contributed by atoms with Crippen LogP contribution in [0.4, 0.5) is 4.39 Å². The van der Waals surface area contributed by atoms with Crippen LogP contribution in [-0.4, -0.2) is 45.3 Å². The van der Waals surface area contributed by atoms with Gasteiger partial charge < -0.3 is 14.3 Å². The molecule has 8 heteroatoms. The fraction of sp³-hybridized carbons (Fsp3) is 0.333. The first-order chi connectivity index (χ1) is 15.5. The molecule has 0 N–H and O–H groups in total. The molecule has 0 radical (unpaired) electrons. The molecule has 7 nitrogen and oxygen atoms in total. The average molecular weight is 434 g/mol. The minimum atomic E-state index is -0.988. The van der Waals surface area contributed by atoms with E-state index in [0.29, 0.717) is 36.8 Å². The fourth-order valence-electron chi connectivity index (χ4n) is 4.22. The van der Waals surface area contributed by atoms with Gasteiger partial charge in [0.1, 0.15) is 5.82 Å². The van der Waals surface area contributed by atoms with Gasteiger partial charge in [0.25, 0.3) is 5.91 Å². The van der Waals surface area contributed by atoms with E-state index in [0.717, 1.165) is 24.1 Å². The van der Waals surface area contributed by atoms with Gasteiger partial charge >= 0.3 is 0 Å². The molecule has 2 aromatic carbocycles. The number of aromatic nitrogens is 2. The number of carbonyl (C=O) groups is 1. The number of benzene rings is 2. The summed E-state index contributed by atoms with van der Waals surface area (Å²) >= 11 is 0. The number of piperidine rings is 1. The Balaban J connectivity index is 1.20. The molecule has 0 bridgehead atoms. The van der Waals surface area contributed by atoms with E-state index in [1.807, 2.05) is 35.2 Å². The summed E-state index contributed by atoms with van der Waals surface area (Å²) in [5.74, 6) is 0.707. The van der Waals surface area contributed by atoms with Crippen LogP contribution in [0.5, 0.6) is 0 Å². The topological polar surface area (TPSA) is 80.8 Å². The Morgan fingerprint density at radius 2 is 1.78 bits per heavy atom. The second kappa shape index (κ2) is 8.18. The summed E-state index contributed by atoms with van der Waals surface area (Å²) in [6, 6.07) is 15.8. The van der Waals surface area contributed by atoms with E-state index in [4.69, 9.17) is 9.36 Å². The molecule has 0 saturated carbocycles. The number of carbonyl (C=O) groups excluding carboxylic acids is 1. The van der Waals surface area contributed by atoms with Crippen molar-refractivity contribution in [1.82, 2.24) is 15.0 Å². The molecular formula is C24H23FN4O3. The molecule has 3 heterocycles. The van der Waals surface area contributed by atoms with Gasteiger partial charge in [-0.25, -0.2) is 4.39 Å². The molecule has 1 fully saturated rings. The fourth-order valence-corrected chi connectivity index (χ4v) is 4.22. The smallest absolute Gasteiger partial charge is 0.269 e. The molecular weight excluding hydrogens is 411 g/mol. The normalized spacial score (nSPS) is 21.3. The zero-order chi connectivity index (χ0) is 22.1. The molecule has 2 aliphatic heterocycles. The van der Waals surface area contributed by atoms with Crippen molar-refractivity contribution in [2.75, 3.05) is 13.1 Å². The lowest BCUT2D eigenvalue weighted by atomic mass is 9.91. The number of oxime groups is 1. The van der Waals surface area contributed by atoms with Crippen LogP contribution in [-0.2, 0) is 9.63 Å². The van der Waals surface area contributed by atoms with E-state index in [1.54, 1.807) is 19.1 Å². The van der Waals surface area contributed by atoms with E-state index in [-0.39, 0.29) is 17.6 Å². The number of amides is 1. The van der Waals surface area contributed by atoms with Gasteiger partial charge in [0.05, 0.1) is 5.71 Å². The van der Waals surface area contributed by atoms with Crippen LogP contribution in [0.15, 0.2) is 64.3 Å². The second-order valence-electron chi connectivity index (χ2n) is 8.43. The standard InChI is InChI=1S/C24H23FN4O3/c1-24(15-20(27-32-24)16-5-3-2-4-6-16)23(30)29-13-11-18(12-14-29)22-26-21(28-31-22)17-7-9-19(25)10-8-17/h2-10,18H,11-15H2,1H3. The van der Waals surface area contributed by atoms with Crippen molar-refractivity contribution in [3.63, 3.8) is 0 Å². The molecule has 1 amide bonds. The maximum absolute atomic E-state index is 13.2. The minimum Gasteiger partial charge on any atom is -0.379 e. The summed E-state index contributed by atoms with van der Waals surface area (Å²) in [5.41, 5.74) is 1.47. The maximum Gasteiger partial charge on any atom is 0.269 e. The molecule has 1 atom stereocenters. The van der Waals surface area contributed by atoms with Crippen LogP contribution in [0, 0.1) is 5.82 Å². The van der Waals surface area contributed by atoms with Crippen LogP contribution < -0.4 is 0 Å². The quantitative estimate of drug-likeness (QED) is 0.616. The van der Waals surface area contributed by atoms with Gasteiger partial charge in [-0.3, -0.25) is 4.79 Å². The zero-order valence-electron chi connectivity index (χ0n) is 17.7. The van der Waals surface area contributed by atoms with Crippen molar-refractivity contribution >= 4 is 11.6 Å². The first-order valence-electron chi connectivity index (χ1n) is 10.7. The summed E-state index contributed by atoms with van der Waals surface area (Å²) < 4.78 is 18.6. The molecule has 1 saturated heterocycles. The summed E-state index contributed by atoms with van der Waals surface area (Å²) in [7, 11) is 0. The van der Waals surface area contributed by atoms with E-state index in [1.165, 1.54) is 12.1 Å². The van der Waals surface area contributed by atoms with Crippen molar-refractivity contribution < 1.29 is 18.5 Å². The molecule has 32 heavy (non-hydrogen) atoms. The van der Waals surface area contributed by atoms with Crippen molar-refractivity contribution in [1.29, 1.82) is 0 Å². The lowest BCUT2D eigenvalue weighted by Gasteiger charge is -2.34. The summed E-state index contributed by atoms with van der Waals surface area (Å²) in [6.45, 7) is 2.96. The second-order valence-corrected chi connectivity index (χ2v) is 8.43. The van der Waals surface area contributed by atoms with Gasteiger partial charge in [-0.2, -0.15) is 4.98 Å². The highest BCUT2D eigenvalue weighted by Crippen LogP contribution is 2.33. The Morgan fingerprint density at radius 3 is 2.50 bits per heavy atom. The van der Waals surface area contributed by atoms with Gasteiger partial charge in [0.2, 0.25) is 17.3 Å². The number of likely N-dealkylation sites (tertiary alicyclic amines) is 1. The highest BCUT2D eigenvalue weighted by molar-refractivity contribution is 6.05. The largest absolute Gasteiger partial charge is 0.379 e. The van der Waals surface area contributed by atoms with Gasteiger partial charge in [0.15, 0.2) is 0 Å². The van der Waals surface area contributed by atoms with Crippen LogP contribution >= 0.6 is 0 Å². The Bertz CT molecular complexity index is 1140. The van der Waals surface area contributed by atoms with Crippen molar-refractivity contribution in [2.45, 2.75) is 37.7 Å². The van der Waals surface area contributed by atoms with Gasteiger partial charge in [-0.05, 0) is 49.6 Å². The van der Waals surface area contributed by atoms with E-state index in [2.05, 4.69) is 15.3 Å². The molecule has 1 aromatic heterocycles. The van der Waals surface area contributed by atoms with Crippen molar-refractivity contribution in [3.05, 3.63) is 71.9 Å². The minimum absolute atomic E-state index is 0.0526. The van der Waals surface area contributed by atoms with Gasteiger partial charge in [0, 0.05) is 31.0 Å². The van der Waals surface area contributed by atoms with E-state index in [9.17, 15) is 9.18 Å². The molecule has 2 aliphatic rings. The third-order valence-electron chi connectivity index (χ3n) is 6.10. The third kappa shape index (κ3) is 3.88. The number of hydrogen-bond acceptors (Lipinski definition) is 6. The van der Waals surface area contributed by atoms with Crippen LogP contribution in [0.3, 0.4) is 0 Å². The van der Waals surface area contributed by atoms with Gasteiger partial charge in [-0.1, -0.05) is 40.6 Å². The third-order valence-corrected chi connectivity index (χ3v) is 6.10. The Hall–Kier alpha value is -3.55. The van der Waals surface area contributed by atoms with E-state index < -0.39 is 5.60 Å².